The van der Waals surface area contributed by atoms with Crippen molar-refractivity contribution in [1.82, 2.24) is 5.01 Å². The van der Waals surface area contributed by atoms with Crippen molar-refractivity contribution < 1.29 is 17.4 Å². The van der Waals surface area contributed by atoms with Crippen LogP contribution in [0.3, 0.4) is 0 Å². The number of carbonyl (C=O) groups is 1. The van der Waals surface area contributed by atoms with Gasteiger partial charge in [-0.15, -0.1) is 0 Å². The molecule has 32 heavy (non-hydrogen) atoms. The summed E-state index contributed by atoms with van der Waals surface area (Å²) in [5.41, 5.74) is 1.26. The minimum Gasteiger partial charge on any atom is -0.378 e. The Morgan fingerprint density at radius 1 is 1.16 bits per heavy atom. The van der Waals surface area contributed by atoms with Crippen molar-refractivity contribution in [1.29, 1.82) is 5.41 Å². The first kappa shape index (κ1) is 22.0. The second-order valence-electron chi connectivity index (χ2n) is 7.15. The lowest BCUT2D eigenvalue weighted by atomic mass is 10.1. The molecule has 2 aliphatic heterocycles. The lowest BCUT2D eigenvalue weighted by Gasteiger charge is -2.20. The Balaban J connectivity index is 1.67. The monoisotopic (exact) mass is 468 g/mol. The summed E-state index contributed by atoms with van der Waals surface area (Å²) in [7, 11) is -4.08. The van der Waals surface area contributed by atoms with E-state index in [-0.39, 0.29) is 22.1 Å². The molecule has 164 valence electrons. The number of hydrazone groups is 1. The summed E-state index contributed by atoms with van der Waals surface area (Å²) >= 11 is 1.28. The van der Waals surface area contributed by atoms with Gasteiger partial charge in [-0.3, -0.25) is 10.2 Å². The Bertz CT molecular complexity index is 1300. The first-order valence-electron chi connectivity index (χ1n) is 9.88. The Morgan fingerprint density at radius 3 is 2.59 bits per heavy atom. The van der Waals surface area contributed by atoms with Crippen molar-refractivity contribution in [2.24, 2.45) is 10.1 Å². The van der Waals surface area contributed by atoms with Crippen molar-refractivity contribution in [3.63, 3.8) is 0 Å². The molecule has 2 heterocycles. The highest BCUT2D eigenvalue weighted by atomic mass is 32.2. The van der Waals surface area contributed by atoms with Crippen LogP contribution in [-0.2, 0) is 14.9 Å². The lowest BCUT2D eigenvalue weighted by molar-refractivity contribution is -0.114. The lowest BCUT2D eigenvalue weighted by Crippen LogP contribution is -2.35. The van der Waals surface area contributed by atoms with E-state index in [1.54, 1.807) is 30.3 Å². The molecule has 1 amide bonds. The Hall–Kier alpha value is -3.24. The van der Waals surface area contributed by atoms with Gasteiger partial charge in [0.15, 0.2) is 5.84 Å². The number of aliphatic imine (C=N–C) groups is 1. The Labute approximate surface area is 190 Å². The molecule has 0 aliphatic carbocycles. The zero-order chi connectivity index (χ0) is 22.9. The summed E-state index contributed by atoms with van der Waals surface area (Å²) in [5, 5.41) is 15.3. The average molecular weight is 469 g/mol. The zero-order valence-electron chi connectivity index (χ0n) is 17.4. The fraction of sp³-hybridized carbons (Fsp3) is 0.182. The summed E-state index contributed by atoms with van der Waals surface area (Å²) in [6.07, 6.45) is 3.02. The molecule has 2 aliphatic rings. The normalized spacial score (nSPS) is 17.3. The van der Waals surface area contributed by atoms with Crippen LogP contribution in [-0.4, -0.2) is 35.4 Å². The molecule has 0 saturated heterocycles. The number of aryl methyl sites for hydroxylation is 1. The van der Waals surface area contributed by atoms with E-state index in [1.165, 1.54) is 41.0 Å². The summed E-state index contributed by atoms with van der Waals surface area (Å²) in [6.45, 7) is 3.88. The number of benzene rings is 2. The molecule has 0 bridgehead atoms. The third-order valence-electron chi connectivity index (χ3n) is 4.69. The number of thioether (sulfide) groups is 1. The van der Waals surface area contributed by atoms with Gasteiger partial charge in [-0.05, 0) is 55.8 Å². The second kappa shape index (κ2) is 8.71. The van der Waals surface area contributed by atoms with Gasteiger partial charge < -0.3 is 4.18 Å². The van der Waals surface area contributed by atoms with Crippen molar-refractivity contribution in [2.45, 2.75) is 31.6 Å². The fourth-order valence-corrected chi connectivity index (χ4v) is 4.99. The smallest absolute Gasteiger partial charge is 0.339 e. The highest BCUT2D eigenvalue weighted by molar-refractivity contribution is 8.26. The van der Waals surface area contributed by atoms with E-state index < -0.39 is 16.0 Å². The van der Waals surface area contributed by atoms with E-state index in [4.69, 9.17) is 9.59 Å². The maximum atomic E-state index is 12.7. The van der Waals surface area contributed by atoms with Gasteiger partial charge in [-0.1, -0.05) is 42.8 Å². The highest BCUT2D eigenvalue weighted by Gasteiger charge is 2.35. The quantitative estimate of drug-likeness (QED) is 0.503. The summed E-state index contributed by atoms with van der Waals surface area (Å²) in [5.74, 6) is -0.658. The SMILES string of the molecule is CCCC1=NN2C(=N)/C(=C/c3ccccc3OS(=O)(=O)c3ccc(C)cc3)C(=O)N=C2S1. The van der Waals surface area contributed by atoms with Gasteiger partial charge in [-0.25, -0.2) is 0 Å². The summed E-state index contributed by atoms with van der Waals surface area (Å²) in [6, 6.07) is 12.7. The maximum absolute atomic E-state index is 12.7. The van der Waals surface area contributed by atoms with E-state index in [9.17, 15) is 13.2 Å². The van der Waals surface area contributed by atoms with Crippen LogP contribution in [0, 0.1) is 12.3 Å². The second-order valence-corrected chi connectivity index (χ2v) is 9.74. The number of nitrogens with zero attached hydrogens (tertiary/aromatic N) is 3. The molecule has 0 aromatic heterocycles. The molecule has 0 spiro atoms. The number of fused-ring (bicyclic) bond motifs is 1. The number of hydrogen-bond acceptors (Lipinski definition) is 7. The summed E-state index contributed by atoms with van der Waals surface area (Å²) in [4.78, 5) is 16.7. The van der Waals surface area contributed by atoms with Crippen LogP contribution in [0.4, 0.5) is 0 Å². The van der Waals surface area contributed by atoms with Gasteiger partial charge in [-0.2, -0.15) is 23.5 Å². The Morgan fingerprint density at radius 2 is 1.88 bits per heavy atom. The molecule has 8 nitrogen and oxygen atoms in total. The van der Waals surface area contributed by atoms with Crippen LogP contribution >= 0.6 is 11.8 Å². The molecule has 0 radical (unpaired) electrons. The van der Waals surface area contributed by atoms with Crippen LogP contribution in [0.1, 0.15) is 30.9 Å². The van der Waals surface area contributed by atoms with Crippen molar-refractivity contribution in [2.75, 3.05) is 0 Å². The molecule has 4 rings (SSSR count). The molecule has 0 atom stereocenters. The van der Waals surface area contributed by atoms with E-state index in [0.717, 1.165) is 23.4 Å². The molecular formula is C22H20N4O4S2. The number of amides is 1. The molecule has 2 aromatic carbocycles. The van der Waals surface area contributed by atoms with E-state index >= 15 is 0 Å². The molecule has 0 unspecified atom stereocenters. The van der Waals surface area contributed by atoms with Crippen LogP contribution in [0.25, 0.3) is 6.08 Å². The van der Waals surface area contributed by atoms with Crippen molar-refractivity contribution in [3.05, 3.63) is 65.2 Å². The fourth-order valence-electron chi connectivity index (χ4n) is 3.05. The van der Waals surface area contributed by atoms with E-state index in [0.29, 0.717) is 10.7 Å². The number of para-hydroxylation sites is 1. The average Bonchev–Trinajstić information content (AvgIpc) is 3.15. The van der Waals surface area contributed by atoms with Crippen LogP contribution in [0.5, 0.6) is 5.75 Å². The largest absolute Gasteiger partial charge is 0.378 e. The zero-order valence-corrected chi connectivity index (χ0v) is 19.0. The molecule has 10 heteroatoms. The molecule has 1 N–H and O–H groups in total. The molecule has 2 aromatic rings. The van der Waals surface area contributed by atoms with Gasteiger partial charge in [0.1, 0.15) is 15.7 Å². The number of rotatable bonds is 6. The van der Waals surface area contributed by atoms with Gasteiger partial charge in [0, 0.05) is 5.56 Å². The van der Waals surface area contributed by atoms with Crippen molar-refractivity contribution in [3.8, 4) is 5.75 Å². The number of nitrogens with one attached hydrogen (secondary N) is 1. The topological polar surface area (TPSA) is 112 Å². The van der Waals surface area contributed by atoms with Gasteiger partial charge in [0.25, 0.3) is 5.91 Å². The number of carbonyl (C=O) groups excluding carboxylic acids is 1. The first-order valence-corrected chi connectivity index (χ1v) is 12.1. The van der Waals surface area contributed by atoms with Gasteiger partial charge >= 0.3 is 10.1 Å². The highest BCUT2D eigenvalue weighted by Crippen LogP contribution is 2.31. The number of amidine groups is 2. The Kier molecular flexibility index (Phi) is 5.98. The van der Waals surface area contributed by atoms with Crippen LogP contribution in [0.2, 0.25) is 0 Å². The molecule has 0 fully saturated rings. The first-order chi connectivity index (χ1) is 15.3. The standard InChI is InChI=1S/C22H20N4O4S2/c1-3-6-19-25-26-20(23)17(21(27)24-22(26)31-19)13-15-7-4-5-8-18(15)30-32(28,29)16-11-9-14(2)10-12-16/h4-5,7-13,23H,3,6H2,1-2H3/b17-13-,23-20?. The van der Waals surface area contributed by atoms with E-state index in [2.05, 4.69) is 10.1 Å². The third-order valence-corrected chi connectivity index (χ3v) is 6.90. The minimum atomic E-state index is -4.08. The van der Waals surface area contributed by atoms with Crippen LogP contribution in [0.15, 0.2) is 69.1 Å². The predicted octanol–water partition coefficient (Wildman–Crippen LogP) is 4.18. The third kappa shape index (κ3) is 4.37. The van der Waals surface area contributed by atoms with Crippen molar-refractivity contribution >= 4 is 49.9 Å². The van der Waals surface area contributed by atoms with E-state index in [1.807, 2.05) is 13.8 Å². The predicted molar refractivity (Wildman–Crippen MR) is 125 cm³/mol. The minimum absolute atomic E-state index is 0.000340. The summed E-state index contributed by atoms with van der Waals surface area (Å²) < 4.78 is 30.8. The molecule has 0 saturated carbocycles. The van der Waals surface area contributed by atoms with Gasteiger partial charge in [0.05, 0.1) is 5.57 Å². The maximum Gasteiger partial charge on any atom is 0.339 e. The van der Waals surface area contributed by atoms with Gasteiger partial charge in [0.2, 0.25) is 5.17 Å². The molecular weight excluding hydrogens is 448 g/mol. The number of hydrogen-bond donors (Lipinski definition) is 1. The van der Waals surface area contributed by atoms with Crippen LogP contribution < -0.4 is 4.18 Å².